The van der Waals surface area contributed by atoms with Gasteiger partial charge in [0.25, 0.3) is 0 Å². The van der Waals surface area contributed by atoms with E-state index in [2.05, 4.69) is 50.0 Å². The van der Waals surface area contributed by atoms with E-state index >= 15 is 0 Å². The van der Waals surface area contributed by atoms with Crippen LogP contribution < -0.4 is 0 Å². The van der Waals surface area contributed by atoms with Crippen LogP contribution in [0.3, 0.4) is 0 Å². The van der Waals surface area contributed by atoms with E-state index in [1.54, 1.807) is 0 Å². The van der Waals surface area contributed by atoms with E-state index in [0.29, 0.717) is 12.0 Å². The van der Waals surface area contributed by atoms with Gasteiger partial charge in [0.05, 0.1) is 5.57 Å². The minimum atomic E-state index is -0.448. The number of hydrogen-bond acceptors (Lipinski definition) is 3. The van der Waals surface area contributed by atoms with Gasteiger partial charge < -0.3 is 9.84 Å². The average Bonchev–Trinajstić information content (AvgIpc) is 2.81. The van der Waals surface area contributed by atoms with Crippen molar-refractivity contribution in [2.75, 3.05) is 0 Å². The van der Waals surface area contributed by atoms with Crippen LogP contribution in [-0.2, 0) is 9.53 Å². The number of allylic oxidation sites excluding steroid dienone is 6. The lowest BCUT2D eigenvalue weighted by Crippen LogP contribution is -1.99. The Morgan fingerprint density at radius 1 is 0.958 bits per heavy atom. The number of ether oxygens (including phenoxy) is 1. The topological polar surface area (TPSA) is 46.5 Å². The summed E-state index contributed by atoms with van der Waals surface area (Å²) in [5, 5.41) is 9.65. The maximum Gasteiger partial charge on any atom is 0.343 e. The Balaban J connectivity index is 2.02. The van der Waals surface area contributed by atoms with Gasteiger partial charge in [-0.1, -0.05) is 75.6 Å². The summed E-state index contributed by atoms with van der Waals surface area (Å²) in [4.78, 5) is 11.4. The summed E-state index contributed by atoms with van der Waals surface area (Å²) >= 11 is 0. The molecule has 0 aromatic rings. The first-order valence-electron chi connectivity index (χ1n) is 8.98. The Morgan fingerprint density at radius 2 is 1.58 bits per heavy atom. The molecule has 1 heterocycles. The number of carbonyl (C=O) groups is 1. The maximum atomic E-state index is 11.4. The van der Waals surface area contributed by atoms with Crippen molar-refractivity contribution in [3.63, 3.8) is 0 Å². The normalized spacial score (nSPS) is 15.5. The van der Waals surface area contributed by atoms with Gasteiger partial charge in [-0.3, -0.25) is 0 Å². The molecule has 0 unspecified atom stereocenters. The number of rotatable bonds is 12. The molecule has 1 N–H and O–H groups in total. The minimum Gasteiger partial charge on any atom is -0.504 e. The molecule has 1 aliphatic rings. The van der Waals surface area contributed by atoms with Crippen LogP contribution in [0.25, 0.3) is 0 Å². The van der Waals surface area contributed by atoms with Crippen LogP contribution in [0.4, 0.5) is 0 Å². The Bertz CT molecular complexity index is 521. The molecular weight excluding hydrogens is 300 g/mol. The SMILES string of the molecule is C=C1OC(=O)C(CCCCCCC=CC=CC=CCCCC)=C1O. The molecule has 3 heteroatoms. The van der Waals surface area contributed by atoms with E-state index in [-0.39, 0.29) is 11.5 Å². The smallest absolute Gasteiger partial charge is 0.343 e. The van der Waals surface area contributed by atoms with Crippen molar-refractivity contribution < 1.29 is 14.6 Å². The van der Waals surface area contributed by atoms with Crippen molar-refractivity contribution >= 4 is 5.97 Å². The molecule has 0 saturated carbocycles. The van der Waals surface area contributed by atoms with Gasteiger partial charge in [0.15, 0.2) is 11.5 Å². The second-order valence-electron chi connectivity index (χ2n) is 5.98. The second kappa shape index (κ2) is 12.4. The molecule has 0 aliphatic carbocycles. The number of esters is 1. The molecular formula is C21H30O3. The number of carbonyl (C=O) groups excluding carboxylic acids is 1. The van der Waals surface area contributed by atoms with E-state index in [9.17, 15) is 9.90 Å². The Labute approximate surface area is 146 Å². The highest BCUT2D eigenvalue weighted by Crippen LogP contribution is 2.26. The van der Waals surface area contributed by atoms with Crippen LogP contribution in [0.2, 0.25) is 0 Å². The van der Waals surface area contributed by atoms with Crippen molar-refractivity contribution in [3.05, 3.63) is 60.1 Å². The molecule has 132 valence electrons. The zero-order chi connectivity index (χ0) is 17.6. The number of unbranched alkanes of at least 4 members (excludes halogenated alkanes) is 6. The molecule has 0 aromatic carbocycles. The first-order valence-corrected chi connectivity index (χ1v) is 8.98. The lowest BCUT2D eigenvalue weighted by atomic mass is 10.1. The van der Waals surface area contributed by atoms with Crippen molar-refractivity contribution in [3.8, 4) is 0 Å². The molecule has 0 bridgehead atoms. The Hall–Kier alpha value is -2.03. The first-order chi connectivity index (χ1) is 11.7. The molecule has 24 heavy (non-hydrogen) atoms. The highest BCUT2D eigenvalue weighted by Gasteiger charge is 2.27. The third-order valence-corrected chi connectivity index (χ3v) is 3.89. The summed E-state index contributed by atoms with van der Waals surface area (Å²) in [6.07, 6.45) is 22.2. The molecule has 0 spiro atoms. The second-order valence-corrected chi connectivity index (χ2v) is 5.98. The van der Waals surface area contributed by atoms with Gasteiger partial charge in [0.1, 0.15) is 0 Å². The summed E-state index contributed by atoms with van der Waals surface area (Å²) < 4.78 is 4.78. The standard InChI is InChI=1S/C21H30O3/c1-3-4-5-6-7-8-9-10-11-12-13-14-15-16-17-19-20(22)18(2)24-21(19)23/h6-11,22H,2-5,12-17H2,1H3. The van der Waals surface area contributed by atoms with Crippen LogP contribution in [-0.4, -0.2) is 11.1 Å². The van der Waals surface area contributed by atoms with Crippen LogP contribution in [0.15, 0.2) is 60.1 Å². The number of cyclic esters (lactones) is 1. The van der Waals surface area contributed by atoms with Gasteiger partial charge in [0, 0.05) is 0 Å². The van der Waals surface area contributed by atoms with Gasteiger partial charge >= 0.3 is 5.97 Å². The monoisotopic (exact) mass is 330 g/mol. The van der Waals surface area contributed by atoms with Crippen molar-refractivity contribution in [1.29, 1.82) is 0 Å². The van der Waals surface area contributed by atoms with E-state index in [0.717, 1.165) is 38.5 Å². The van der Waals surface area contributed by atoms with E-state index in [1.165, 1.54) is 12.8 Å². The first kappa shape index (κ1) is 20.0. The zero-order valence-electron chi connectivity index (χ0n) is 14.8. The van der Waals surface area contributed by atoms with Crippen molar-refractivity contribution in [2.24, 2.45) is 0 Å². The summed E-state index contributed by atoms with van der Waals surface area (Å²) in [5.74, 6) is -0.442. The quantitative estimate of drug-likeness (QED) is 0.268. The van der Waals surface area contributed by atoms with Crippen LogP contribution >= 0.6 is 0 Å². The van der Waals surface area contributed by atoms with Crippen LogP contribution in [0.1, 0.15) is 64.7 Å². The molecule has 0 atom stereocenters. The Morgan fingerprint density at radius 3 is 2.17 bits per heavy atom. The zero-order valence-corrected chi connectivity index (χ0v) is 14.8. The average molecular weight is 330 g/mol. The Kier molecular flexibility index (Phi) is 10.3. The highest BCUT2D eigenvalue weighted by molar-refractivity contribution is 5.93. The van der Waals surface area contributed by atoms with E-state index in [4.69, 9.17) is 4.74 Å². The molecule has 0 amide bonds. The third-order valence-electron chi connectivity index (χ3n) is 3.89. The number of aliphatic hydroxyl groups excluding tert-OH is 1. The van der Waals surface area contributed by atoms with Gasteiger partial charge in [-0.25, -0.2) is 4.79 Å². The van der Waals surface area contributed by atoms with Gasteiger partial charge in [-0.05, 0) is 32.1 Å². The summed E-state index contributed by atoms with van der Waals surface area (Å²) in [6, 6.07) is 0. The largest absolute Gasteiger partial charge is 0.504 e. The fraction of sp³-hybridized carbons (Fsp3) is 0.476. The lowest BCUT2D eigenvalue weighted by molar-refractivity contribution is -0.133. The molecule has 0 aromatic heterocycles. The molecule has 3 nitrogen and oxygen atoms in total. The van der Waals surface area contributed by atoms with Crippen molar-refractivity contribution in [2.45, 2.75) is 64.7 Å². The number of hydrogen-bond donors (Lipinski definition) is 1. The maximum absolute atomic E-state index is 11.4. The minimum absolute atomic E-state index is 0.0709. The molecule has 0 fully saturated rings. The van der Waals surface area contributed by atoms with Crippen LogP contribution in [0.5, 0.6) is 0 Å². The number of aliphatic hydroxyl groups is 1. The summed E-state index contributed by atoms with van der Waals surface area (Å²) in [5.41, 5.74) is 0.372. The molecule has 0 radical (unpaired) electrons. The summed E-state index contributed by atoms with van der Waals surface area (Å²) in [6.45, 7) is 5.69. The van der Waals surface area contributed by atoms with Crippen molar-refractivity contribution in [1.82, 2.24) is 0 Å². The van der Waals surface area contributed by atoms with Gasteiger partial charge in [-0.2, -0.15) is 0 Å². The molecule has 0 saturated heterocycles. The van der Waals surface area contributed by atoms with Gasteiger partial charge in [0.2, 0.25) is 0 Å². The fourth-order valence-electron chi connectivity index (χ4n) is 2.42. The van der Waals surface area contributed by atoms with Crippen LogP contribution in [0, 0.1) is 0 Å². The van der Waals surface area contributed by atoms with E-state index < -0.39 is 5.97 Å². The third kappa shape index (κ3) is 8.00. The molecule has 1 aliphatic heterocycles. The predicted octanol–water partition coefficient (Wildman–Crippen LogP) is 6.07. The van der Waals surface area contributed by atoms with Gasteiger partial charge in [-0.15, -0.1) is 0 Å². The predicted molar refractivity (Wildman–Crippen MR) is 99.5 cm³/mol. The fourth-order valence-corrected chi connectivity index (χ4v) is 2.42. The lowest BCUT2D eigenvalue weighted by Gasteiger charge is -2.00. The highest BCUT2D eigenvalue weighted by atomic mass is 16.6. The summed E-state index contributed by atoms with van der Waals surface area (Å²) in [7, 11) is 0. The van der Waals surface area contributed by atoms with E-state index in [1.807, 2.05) is 0 Å². The molecule has 1 rings (SSSR count).